The third kappa shape index (κ3) is 7.03. The zero-order chi connectivity index (χ0) is 14.1. The number of anilines is 1. The van der Waals surface area contributed by atoms with Crippen LogP contribution in [-0.2, 0) is 11.2 Å². The van der Waals surface area contributed by atoms with E-state index in [0.717, 1.165) is 18.5 Å². The summed E-state index contributed by atoms with van der Waals surface area (Å²) in [6.07, 6.45) is 0.722. The van der Waals surface area contributed by atoms with Crippen LogP contribution in [-0.4, -0.2) is 37.2 Å². The molecule has 3 N–H and O–H groups in total. The number of nitrogens with one attached hydrogen (secondary N) is 1. The van der Waals surface area contributed by atoms with Crippen LogP contribution in [0.3, 0.4) is 0 Å². The molecule has 0 saturated carbocycles. The van der Waals surface area contributed by atoms with Crippen LogP contribution in [0.5, 0.6) is 0 Å². The SMILES string of the molecule is CCNC(CCOCC(F)F)Cc1ccnc(N)c1. The maximum Gasteiger partial charge on any atom is 0.261 e. The molecule has 6 heteroatoms. The fraction of sp³-hybridized carbons (Fsp3) is 0.615. The average Bonchev–Trinajstić information content (AvgIpc) is 2.34. The summed E-state index contributed by atoms with van der Waals surface area (Å²) in [5.74, 6) is 0.488. The highest BCUT2D eigenvalue weighted by molar-refractivity contribution is 5.32. The van der Waals surface area contributed by atoms with Crippen molar-refractivity contribution in [3.8, 4) is 0 Å². The van der Waals surface area contributed by atoms with Crippen molar-refractivity contribution in [3.05, 3.63) is 23.9 Å². The van der Waals surface area contributed by atoms with Crippen LogP contribution in [0, 0.1) is 0 Å². The minimum atomic E-state index is -2.41. The van der Waals surface area contributed by atoms with Gasteiger partial charge in [-0.3, -0.25) is 0 Å². The molecule has 1 aromatic heterocycles. The highest BCUT2D eigenvalue weighted by Gasteiger charge is 2.10. The van der Waals surface area contributed by atoms with E-state index in [1.165, 1.54) is 0 Å². The smallest absolute Gasteiger partial charge is 0.261 e. The zero-order valence-corrected chi connectivity index (χ0v) is 11.1. The minimum absolute atomic E-state index is 0.185. The monoisotopic (exact) mass is 273 g/mol. The Hall–Kier alpha value is -1.27. The molecule has 0 spiro atoms. The van der Waals surface area contributed by atoms with E-state index < -0.39 is 13.0 Å². The van der Waals surface area contributed by atoms with Crippen molar-refractivity contribution >= 4 is 5.82 Å². The lowest BCUT2D eigenvalue weighted by Gasteiger charge is -2.18. The number of hydrogen-bond donors (Lipinski definition) is 2. The first-order chi connectivity index (χ1) is 9.11. The lowest BCUT2D eigenvalue weighted by Crippen LogP contribution is -2.32. The Labute approximate surface area is 112 Å². The summed E-state index contributed by atoms with van der Waals surface area (Å²) in [4.78, 5) is 3.94. The van der Waals surface area contributed by atoms with Gasteiger partial charge in [-0.1, -0.05) is 6.92 Å². The third-order valence-corrected chi connectivity index (χ3v) is 2.67. The zero-order valence-electron chi connectivity index (χ0n) is 11.1. The van der Waals surface area contributed by atoms with Crippen molar-refractivity contribution < 1.29 is 13.5 Å². The molecule has 1 atom stereocenters. The van der Waals surface area contributed by atoms with Crippen molar-refractivity contribution in [2.75, 3.05) is 25.5 Å². The molecule has 0 amide bonds. The molecule has 1 rings (SSSR count). The van der Waals surface area contributed by atoms with E-state index in [-0.39, 0.29) is 6.04 Å². The van der Waals surface area contributed by atoms with E-state index in [0.29, 0.717) is 18.8 Å². The first kappa shape index (κ1) is 15.8. The Bertz CT molecular complexity index is 363. The molecule has 1 unspecified atom stereocenters. The lowest BCUT2D eigenvalue weighted by molar-refractivity contribution is 0.0144. The van der Waals surface area contributed by atoms with Crippen molar-refractivity contribution in [1.82, 2.24) is 10.3 Å². The Morgan fingerprint density at radius 1 is 1.47 bits per heavy atom. The largest absolute Gasteiger partial charge is 0.384 e. The number of ether oxygens (including phenoxy) is 1. The van der Waals surface area contributed by atoms with Crippen LogP contribution in [0.2, 0.25) is 0 Å². The molecule has 0 aliphatic rings. The van der Waals surface area contributed by atoms with E-state index in [1.807, 2.05) is 19.1 Å². The van der Waals surface area contributed by atoms with E-state index in [2.05, 4.69) is 10.3 Å². The van der Waals surface area contributed by atoms with Gasteiger partial charge >= 0.3 is 0 Å². The van der Waals surface area contributed by atoms with E-state index in [4.69, 9.17) is 10.5 Å². The molecular weight excluding hydrogens is 252 g/mol. The van der Waals surface area contributed by atoms with Gasteiger partial charge < -0.3 is 15.8 Å². The van der Waals surface area contributed by atoms with Crippen molar-refractivity contribution in [2.24, 2.45) is 0 Å². The molecular formula is C13H21F2N3O. The summed E-state index contributed by atoms with van der Waals surface area (Å²) in [5, 5.41) is 3.31. The van der Waals surface area contributed by atoms with Crippen LogP contribution in [0.4, 0.5) is 14.6 Å². The maximum atomic E-state index is 11.9. The number of nitrogens with two attached hydrogens (primary N) is 1. The molecule has 0 saturated heterocycles. The summed E-state index contributed by atoms with van der Waals surface area (Å²) in [7, 11) is 0. The van der Waals surface area contributed by atoms with Crippen LogP contribution in [0.1, 0.15) is 18.9 Å². The topological polar surface area (TPSA) is 60.2 Å². The summed E-state index contributed by atoms with van der Waals surface area (Å²) in [6, 6.07) is 3.91. The second-order valence-corrected chi connectivity index (χ2v) is 4.30. The molecule has 0 aliphatic carbocycles. The molecule has 0 bridgehead atoms. The Morgan fingerprint density at radius 3 is 2.89 bits per heavy atom. The molecule has 108 valence electrons. The van der Waals surface area contributed by atoms with Crippen LogP contribution < -0.4 is 11.1 Å². The highest BCUT2D eigenvalue weighted by atomic mass is 19.3. The Morgan fingerprint density at radius 2 is 2.26 bits per heavy atom. The van der Waals surface area contributed by atoms with Gasteiger partial charge in [-0.2, -0.15) is 0 Å². The number of aromatic nitrogens is 1. The lowest BCUT2D eigenvalue weighted by atomic mass is 10.0. The Kier molecular flexibility index (Phi) is 7.28. The second-order valence-electron chi connectivity index (χ2n) is 4.30. The van der Waals surface area contributed by atoms with Gasteiger partial charge in [0.15, 0.2) is 0 Å². The van der Waals surface area contributed by atoms with Gasteiger partial charge in [-0.15, -0.1) is 0 Å². The van der Waals surface area contributed by atoms with Crippen molar-refractivity contribution in [2.45, 2.75) is 32.2 Å². The average molecular weight is 273 g/mol. The number of alkyl halides is 2. The van der Waals surface area contributed by atoms with Crippen LogP contribution >= 0.6 is 0 Å². The first-order valence-corrected chi connectivity index (χ1v) is 6.41. The minimum Gasteiger partial charge on any atom is -0.384 e. The predicted octanol–water partition coefficient (Wildman–Crippen LogP) is 1.86. The number of likely N-dealkylation sites (N-methyl/N-ethyl adjacent to an activating group) is 1. The fourth-order valence-electron chi connectivity index (χ4n) is 1.87. The number of pyridine rings is 1. The molecule has 0 aliphatic heterocycles. The van der Waals surface area contributed by atoms with Gasteiger partial charge in [-0.25, -0.2) is 13.8 Å². The number of nitrogen functional groups attached to an aromatic ring is 1. The normalized spacial score (nSPS) is 12.8. The predicted molar refractivity (Wildman–Crippen MR) is 71.3 cm³/mol. The van der Waals surface area contributed by atoms with Gasteiger partial charge in [-0.05, 0) is 37.1 Å². The summed E-state index contributed by atoms with van der Waals surface area (Å²) in [6.45, 7) is 2.65. The van der Waals surface area contributed by atoms with E-state index in [1.54, 1.807) is 6.20 Å². The fourth-order valence-corrected chi connectivity index (χ4v) is 1.87. The number of halogens is 2. The van der Waals surface area contributed by atoms with Crippen molar-refractivity contribution in [3.63, 3.8) is 0 Å². The Balaban J connectivity index is 2.39. The first-order valence-electron chi connectivity index (χ1n) is 6.41. The molecule has 4 nitrogen and oxygen atoms in total. The van der Waals surface area contributed by atoms with Crippen LogP contribution in [0.25, 0.3) is 0 Å². The molecule has 0 aromatic carbocycles. The summed E-state index contributed by atoms with van der Waals surface area (Å²) >= 11 is 0. The number of nitrogens with zero attached hydrogens (tertiary/aromatic N) is 1. The third-order valence-electron chi connectivity index (χ3n) is 2.67. The van der Waals surface area contributed by atoms with Gasteiger partial charge in [0.25, 0.3) is 6.43 Å². The summed E-state index contributed by atoms with van der Waals surface area (Å²) in [5.41, 5.74) is 6.70. The van der Waals surface area contributed by atoms with E-state index >= 15 is 0 Å². The van der Waals surface area contributed by atoms with Gasteiger partial charge in [0.05, 0.1) is 0 Å². The molecule has 1 heterocycles. The van der Waals surface area contributed by atoms with Gasteiger partial charge in [0.2, 0.25) is 0 Å². The summed E-state index contributed by atoms with van der Waals surface area (Å²) < 4.78 is 28.8. The quantitative estimate of drug-likeness (QED) is 0.674. The van der Waals surface area contributed by atoms with Crippen molar-refractivity contribution in [1.29, 1.82) is 0 Å². The van der Waals surface area contributed by atoms with Crippen LogP contribution in [0.15, 0.2) is 18.3 Å². The number of hydrogen-bond acceptors (Lipinski definition) is 4. The molecule has 0 radical (unpaired) electrons. The molecule has 19 heavy (non-hydrogen) atoms. The maximum absolute atomic E-state index is 11.9. The number of rotatable bonds is 9. The van der Waals surface area contributed by atoms with Gasteiger partial charge in [0.1, 0.15) is 12.4 Å². The molecule has 0 fully saturated rings. The second kappa shape index (κ2) is 8.77. The molecule has 1 aromatic rings. The van der Waals surface area contributed by atoms with E-state index in [9.17, 15) is 8.78 Å². The highest BCUT2D eigenvalue weighted by Crippen LogP contribution is 2.08. The van der Waals surface area contributed by atoms with Gasteiger partial charge in [0, 0.05) is 18.8 Å². The standard InChI is InChI=1S/C13H21F2N3O/c1-2-17-11(4-6-19-9-12(14)15)7-10-3-5-18-13(16)8-10/h3,5,8,11-12,17H,2,4,6-7,9H2,1H3,(H2,16,18).